The fraction of sp³-hybridized carbons (Fsp3) is 0.533. The number of hydrogen-bond acceptors (Lipinski definition) is 2. The number of aliphatic hydroxyl groups is 1. The Morgan fingerprint density at radius 2 is 1.94 bits per heavy atom. The number of hydrogen-bond donors (Lipinski definition) is 1. The van der Waals surface area contributed by atoms with Gasteiger partial charge in [0, 0.05) is 12.3 Å². The molecule has 1 aliphatic rings. The number of ketones is 1. The minimum atomic E-state index is -0.497. The van der Waals surface area contributed by atoms with Crippen LogP contribution in [0.25, 0.3) is 0 Å². The van der Waals surface area contributed by atoms with Gasteiger partial charge < -0.3 is 5.11 Å². The predicted octanol–water partition coefficient (Wildman–Crippen LogP) is 3.26. The Hall–Kier alpha value is -1.15. The lowest BCUT2D eigenvalue weighted by molar-refractivity contribution is -0.123. The van der Waals surface area contributed by atoms with Crippen molar-refractivity contribution in [2.24, 2.45) is 5.92 Å². The molecule has 2 heteroatoms. The molecule has 1 aromatic carbocycles. The molecule has 0 spiro atoms. The van der Waals surface area contributed by atoms with Gasteiger partial charge in [0.25, 0.3) is 0 Å². The van der Waals surface area contributed by atoms with Crippen LogP contribution in [-0.4, -0.2) is 10.9 Å². The van der Waals surface area contributed by atoms with Crippen molar-refractivity contribution in [3.63, 3.8) is 0 Å². The van der Waals surface area contributed by atoms with E-state index in [0.29, 0.717) is 18.6 Å². The van der Waals surface area contributed by atoms with Gasteiger partial charge in [-0.3, -0.25) is 4.79 Å². The summed E-state index contributed by atoms with van der Waals surface area (Å²) in [5, 5.41) is 10.1. The normalized spacial score (nSPS) is 23.1. The fourth-order valence-corrected chi connectivity index (χ4v) is 2.56. The van der Waals surface area contributed by atoms with E-state index in [1.165, 1.54) is 0 Å². The van der Waals surface area contributed by atoms with E-state index in [4.69, 9.17) is 0 Å². The SMILES string of the molecule is O=C1CCCCCC1CC(O)c1ccccc1. The molecular weight excluding hydrogens is 212 g/mol. The molecule has 1 saturated carbocycles. The standard InChI is InChI=1S/C15H20O2/c16-14-10-6-2-5-9-13(14)11-15(17)12-7-3-1-4-8-12/h1,3-4,7-8,13,15,17H,2,5-6,9-11H2. The lowest BCUT2D eigenvalue weighted by Gasteiger charge is -2.17. The quantitative estimate of drug-likeness (QED) is 0.812. The Morgan fingerprint density at radius 1 is 1.18 bits per heavy atom. The Bertz CT molecular complexity index is 358. The van der Waals surface area contributed by atoms with Gasteiger partial charge in [-0.05, 0) is 24.8 Å². The number of Topliss-reactive ketones (excluding diaryl/α,β-unsaturated/α-hetero) is 1. The third-order valence-electron chi connectivity index (χ3n) is 3.62. The van der Waals surface area contributed by atoms with Gasteiger partial charge in [0.15, 0.2) is 0 Å². The van der Waals surface area contributed by atoms with Crippen LogP contribution in [0.1, 0.15) is 50.2 Å². The van der Waals surface area contributed by atoms with Crippen LogP contribution in [0, 0.1) is 5.92 Å². The van der Waals surface area contributed by atoms with Crippen LogP contribution < -0.4 is 0 Å². The monoisotopic (exact) mass is 232 g/mol. The van der Waals surface area contributed by atoms with Crippen molar-refractivity contribution in [3.8, 4) is 0 Å². The molecule has 1 aromatic rings. The van der Waals surface area contributed by atoms with Crippen LogP contribution in [0.5, 0.6) is 0 Å². The first-order valence-corrected chi connectivity index (χ1v) is 6.53. The van der Waals surface area contributed by atoms with Gasteiger partial charge in [-0.15, -0.1) is 0 Å². The van der Waals surface area contributed by atoms with Crippen molar-refractivity contribution >= 4 is 5.78 Å². The van der Waals surface area contributed by atoms with Crippen LogP contribution in [0.4, 0.5) is 0 Å². The highest BCUT2D eigenvalue weighted by Gasteiger charge is 2.23. The molecule has 17 heavy (non-hydrogen) atoms. The Morgan fingerprint density at radius 3 is 2.71 bits per heavy atom. The first-order valence-electron chi connectivity index (χ1n) is 6.53. The minimum Gasteiger partial charge on any atom is -0.388 e. The zero-order valence-electron chi connectivity index (χ0n) is 10.1. The van der Waals surface area contributed by atoms with E-state index in [1.54, 1.807) is 0 Å². The molecule has 0 amide bonds. The summed E-state index contributed by atoms with van der Waals surface area (Å²) in [6.07, 6.45) is 5.04. The van der Waals surface area contributed by atoms with Crippen molar-refractivity contribution in [1.29, 1.82) is 0 Å². The molecule has 0 aromatic heterocycles. The first kappa shape index (κ1) is 12.3. The summed E-state index contributed by atoms with van der Waals surface area (Å²) in [5.74, 6) is 0.408. The Balaban J connectivity index is 1.97. The molecule has 2 rings (SSSR count). The van der Waals surface area contributed by atoms with Crippen molar-refractivity contribution in [2.45, 2.75) is 44.6 Å². The van der Waals surface area contributed by atoms with E-state index in [0.717, 1.165) is 31.2 Å². The summed E-state index contributed by atoms with van der Waals surface area (Å²) < 4.78 is 0. The van der Waals surface area contributed by atoms with E-state index in [-0.39, 0.29) is 5.92 Å². The fourth-order valence-electron chi connectivity index (χ4n) is 2.56. The number of carbonyl (C=O) groups is 1. The third kappa shape index (κ3) is 3.40. The summed E-state index contributed by atoms with van der Waals surface area (Å²) >= 11 is 0. The highest BCUT2D eigenvalue weighted by molar-refractivity contribution is 5.81. The second-order valence-corrected chi connectivity index (χ2v) is 4.92. The molecule has 2 unspecified atom stereocenters. The average Bonchev–Trinajstić information content (AvgIpc) is 2.56. The highest BCUT2D eigenvalue weighted by Crippen LogP contribution is 2.28. The largest absolute Gasteiger partial charge is 0.388 e. The minimum absolute atomic E-state index is 0.0627. The first-order chi connectivity index (χ1) is 8.27. The molecule has 0 bridgehead atoms. The van der Waals surface area contributed by atoms with Gasteiger partial charge in [0.1, 0.15) is 5.78 Å². The maximum absolute atomic E-state index is 11.9. The van der Waals surface area contributed by atoms with Crippen molar-refractivity contribution in [1.82, 2.24) is 0 Å². The second-order valence-electron chi connectivity index (χ2n) is 4.92. The molecule has 2 atom stereocenters. The molecule has 0 radical (unpaired) electrons. The molecular formula is C15H20O2. The van der Waals surface area contributed by atoms with Crippen molar-refractivity contribution < 1.29 is 9.90 Å². The van der Waals surface area contributed by atoms with E-state index in [1.807, 2.05) is 30.3 Å². The van der Waals surface area contributed by atoms with Gasteiger partial charge in [-0.2, -0.15) is 0 Å². The summed E-state index contributed by atoms with van der Waals surface area (Å²) in [7, 11) is 0. The summed E-state index contributed by atoms with van der Waals surface area (Å²) in [6, 6.07) is 9.63. The summed E-state index contributed by atoms with van der Waals surface area (Å²) in [5.41, 5.74) is 0.921. The second kappa shape index (κ2) is 5.97. The molecule has 1 aliphatic carbocycles. The zero-order chi connectivity index (χ0) is 12.1. The Kier molecular flexibility index (Phi) is 4.32. The molecule has 0 saturated heterocycles. The topological polar surface area (TPSA) is 37.3 Å². The van der Waals surface area contributed by atoms with E-state index < -0.39 is 6.10 Å². The number of aliphatic hydroxyl groups excluding tert-OH is 1. The van der Waals surface area contributed by atoms with E-state index in [9.17, 15) is 9.90 Å². The van der Waals surface area contributed by atoms with Gasteiger partial charge in [0.05, 0.1) is 6.10 Å². The highest BCUT2D eigenvalue weighted by atomic mass is 16.3. The zero-order valence-corrected chi connectivity index (χ0v) is 10.1. The van der Waals surface area contributed by atoms with Crippen molar-refractivity contribution in [3.05, 3.63) is 35.9 Å². The van der Waals surface area contributed by atoms with Crippen LogP contribution in [0.2, 0.25) is 0 Å². The van der Waals surface area contributed by atoms with Crippen LogP contribution in [0.3, 0.4) is 0 Å². The molecule has 1 N–H and O–H groups in total. The summed E-state index contributed by atoms with van der Waals surface area (Å²) in [6.45, 7) is 0. The molecule has 92 valence electrons. The average molecular weight is 232 g/mol. The molecule has 0 heterocycles. The van der Waals surface area contributed by atoms with Crippen LogP contribution in [-0.2, 0) is 4.79 Å². The van der Waals surface area contributed by atoms with Gasteiger partial charge in [-0.25, -0.2) is 0 Å². The van der Waals surface area contributed by atoms with Crippen LogP contribution >= 0.6 is 0 Å². The van der Waals surface area contributed by atoms with Gasteiger partial charge in [0.2, 0.25) is 0 Å². The number of carbonyl (C=O) groups excluding carboxylic acids is 1. The molecule has 1 fully saturated rings. The van der Waals surface area contributed by atoms with Crippen molar-refractivity contribution in [2.75, 3.05) is 0 Å². The van der Waals surface area contributed by atoms with Crippen LogP contribution in [0.15, 0.2) is 30.3 Å². The van der Waals surface area contributed by atoms with E-state index >= 15 is 0 Å². The maximum Gasteiger partial charge on any atom is 0.136 e. The predicted molar refractivity (Wildman–Crippen MR) is 67.6 cm³/mol. The summed E-state index contributed by atoms with van der Waals surface area (Å²) in [4.78, 5) is 11.9. The lowest BCUT2D eigenvalue weighted by atomic mass is 9.90. The number of rotatable bonds is 3. The van der Waals surface area contributed by atoms with Gasteiger partial charge >= 0.3 is 0 Å². The molecule has 0 aliphatic heterocycles. The number of benzene rings is 1. The lowest BCUT2D eigenvalue weighted by Crippen LogP contribution is -2.16. The van der Waals surface area contributed by atoms with Gasteiger partial charge in [-0.1, -0.05) is 43.2 Å². The third-order valence-corrected chi connectivity index (χ3v) is 3.62. The smallest absolute Gasteiger partial charge is 0.136 e. The molecule has 2 nitrogen and oxygen atoms in total. The Labute approximate surface area is 103 Å². The maximum atomic E-state index is 11.9. The van der Waals surface area contributed by atoms with E-state index in [2.05, 4.69) is 0 Å².